The van der Waals surface area contributed by atoms with Crippen molar-refractivity contribution in [2.45, 2.75) is 31.7 Å². The van der Waals surface area contributed by atoms with E-state index in [0.29, 0.717) is 0 Å². The number of aliphatic hydroxyl groups is 1. The zero-order valence-corrected chi connectivity index (χ0v) is 11.1. The summed E-state index contributed by atoms with van der Waals surface area (Å²) in [6, 6.07) is 9.93. The fourth-order valence-electron chi connectivity index (χ4n) is 2.40. The lowest BCUT2D eigenvalue weighted by atomic mass is 9.79. The van der Waals surface area contributed by atoms with E-state index in [0.717, 1.165) is 17.9 Å². The van der Waals surface area contributed by atoms with Gasteiger partial charge in [-0.05, 0) is 17.9 Å². The van der Waals surface area contributed by atoms with E-state index in [1.165, 1.54) is 19.3 Å². The fourth-order valence-corrected chi connectivity index (χ4v) is 2.40. The minimum Gasteiger partial charge on any atom is -0.395 e. The first-order valence-corrected chi connectivity index (χ1v) is 6.99. The number of urea groups is 1. The summed E-state index contributed by atoms with van der Waals surface area (Å²) >= 11 is 0. The van der Waals surface area contributed by atoms with Gasteiger partial charge in [-0.2, -0.15) is 0 Å². The number of benzene rings is 1. The molecule has 19 heavy (non-hydrogen) atoms. The molecule has 4 heteroatoms. The first kappa shape index (κ1) is 13.9. The van der Waals surface area contributed by atoms with Crippen LogP contribution in [0.15, 0.2) is 30.3 Å². The Kier molecular flexibility index (Phi) is 5.21. The molecule has 0 heterocycles. The van der Waals surface area contributed by atoms with Gasteiger partial charge in [0.1, 0.15) is 0 Å². The molecule has 1 saturated carbocycles. The van der Waals surface area contributed by atoms with E-state index in [-0.39, 0.29) is 25.2 Å². The first-order valence-electron chi connectivity index (χ1n) is 6.99. The average molecular weight is 262 g/mol. The zero-order valence-electron chi connectivity index (χ0n) is 11.1. The number of carbonyl (C=O) groups excluding carboxylic acids is 1. The SMILES string of the molecule is O=C(NCCO)NC(CC1CCC1)c1ccccc1. The standard InChI is InChI=1S/C15H22N2O2/c18-10-9-16-15(19)17-14(11-12-5-4-6-12)13-7-2-1-3-8-13/h1-3,7-8,12,14,18H,4-6,9-11H2,(H2,16,17,19). The molecule has 0 aromatic heterocycles. The summed E-state index contributed by atoms with van der Waals surface area (Å²) < 4.78 is 0. The topological polar surface area (TPSA) is 61.4 Å². The lowest BCUT2D eigenvalue weighted by molar-refractivity contribution is 0.221. The number of rotatable bonds is 6. The summed E-state index contributed by atoms with van der Waals surface area (Å²) in [5.74, 6) is 0.725. The van der Waals surface area contributed by atoms with Gasteiger partial charge in [-0.15, -0.1) is 0 Å². The molecule has 0 saturated heterocycles. The minimum absolute atomic E-state index is 0.0357. The van der Waals surface area contributed by atoms with E-state index in [2.05, 4.69) is 22.8 Å². The van der Waals surface area contributed by atoms with Crippen LogP contribution >= 0.6 is 0 Å². The van der Waals surface area contributed by atoms with Crippen LogP contribution in [-0.2, 0) is 0 Å². The van der Waals surface area contributed by atoms with Crippen molar-refractivity contribution in [1.82, 2.24) is 10.6 Å². The molecule has 1 unspecified atom stereocenters. The van der Waals surface area contributed by atoms with Gasteiger partial charge < -0.3 is 15.7 Å². The van der Waals surface area contributed by atoms with Crippen LogP contribution in [0.2, 0.25) is 0 Å². The molecule has 2 rings (SSSR count). The Morgan fingerprint density at radius 1 is 1.32 bits per heavy atom. The molecule has 104 valence electrons. The summed E-state index contributed by atoms with van der Waals surface area (Å²) in [5, 5.41) is 14.4. The third-order valence-electron chi connectivity index (χ3n) is 3.70. The number of carbonyl (C=O) groups is 1. The lowest BCUT2D eigenvalue weighted by Crippen LogP contribution is -2.40. The van der Waals surface area contributed by atoms with Crippen LogP contribution in [0.3, 0.4) is 0 Å². The fraction of sp³-hybridized carbons (Fsp3) is 0.533. The van der Waals surface area contributed by atoms with Crippen LogP contribution in [0.25, 0.3) is 0 Å². The second kappa shape index (κ2) is 7.14. The maximum absolute atomic E-state index is 11.7. The normalized spacial score (nSPS) is 16.5. The van der Waals surface area contributed by atoms with Crippen molar-refractivity contribution in [2.24, 2.45) is 5.92 Å². The Morgan fingerprint density at radius 3 is 2.63 bits per heavy atom. The van der Waals surface area contributed by atoms with Crippen molar-refractivity contribution in [3.63, 3.8) is 0 Å². The monoisotopic (exact) mass is 262 g/mol. The summed E-state index contributed by atoms with van der Waals surface area (Å²) in [6.45, 7) is 0.253. The molecule has 0 radical (unpaired) electrons. The third kappa shape index (κ3) is 4.24. The molecule has 4 nitrogen and oxygen atoms in total. The van der Waals surface area contributed by atoms with Gasteiger partial charge in [0.15, 0.2) is 0 Å². The number of nitrogens with one attached hydrogen (secondary N) is 2. The largest absolute Gasteiger partial charge is 0.395 e. The van der Waals surface area contributed by atoms with Crippen molar-refractivity contribution in [3.8, 4) is 0 Å². The van der Waals surface area contributed by atoms with Gasteiger partial charge in [-0.1, -0.05) is 49.6 Å². The van der Waals surface area contributed by atoms with Crippen LogP contribution in [0.5, 0.6) is 0 Å². The maximum atomic E-state index is 11.7. The van der Waals surface area contributed by atoms with Crippen molar-refractivity contribution < 1.29 is 9.90 Å². The van der Waals surface area contributed by atoms with Gasteiger partial charge in [0, 0.05) is 6.54 Å². The first-order chi connectivity index (χ1) is 9.29. The molecule has 1 fully saturated rings. The quantitative estimate of drug-likeness (QED) is 0.736. The molecule has 1 aromatic carbocycles. The van der Waals surface area contributed by atoms with E-state index >= 15 is 0 Å². The molecule has 3 N–H and O–H groups in total. The van der Waals surface area contributed by atoms with E-state index in [4.69, 9.17) is 5.11 Å². The number of amides is 2. The van der Waals surface area contributed by atoms with Crippen molar-refractivity contribution in [2.75, 3.05) is 13.2 Å². The molecule has 0 spiro atoms. The van der Waals surface area contributed by atoms with E-state index < -0.39 is 0 Å². The molecule has 1 atom stereocenters. The molecule has 1 aliphatic rings. The highest BCUT2D eigenvalue weighted by Crippen LogP contribution is 2.34. The lowest BCUT2D eigenvalue weighted by Gasteiger charge is -2.30. The van der Waals surface area contributed by atoms with Crippen molar-refractivity contribution in [1.29, 1.82) is 0 Å². The van der Waals surface area contributed by atoms with E-state index in [9.17, 15) is 4.79 Å². The van der Waals surface area contributed by atoms with Gasteiger partial charge in [-0.3, -0.25) is 0 Å². The third-order valence-corrected chi connectivity index (χ3v) is 3.70. The summed E-state index contributed by atoms with van der Waals surface area (Å²) in [7, 11) is 0. The molecule has 1 aromatic rings. The Bertz CT molecular complexity index is 390. The second-order valence-electron chi connectivity index (χ2n) is 5.12. The molecular weight excluding hydrogens is 240 g/mol. The smallest absolute Gasteiger partial charge is 0.315 e. The molecule has 0 aliphatic heterocycles. The van der Waals surface area contributed by atoms with Crippen LogP contribution in [0.1, 0.15) is 37.3 Å². The Labute approximate surface area is 114 Å². The predicted molar refractivity (Wildman–Crippen MR) is 74.8 cm³/mol. The van der Waals surface area contributed by atoms with E-state index in [1.54, 1.807) is 0 Å². The Balaban J connectivity index is 1.95. The number of hydrogen-bond donors (Lipinski definition) is 3. The Morgan fingerprint density at radius 2 is 2.05 bits per heavy atom. The minimum atomic E-state index is -0.206. The average Bonchev–Trinajstić information content (AvgIpc) is 2.40. The summed E-state index contributed by atoms with van der Waals surface area (Å²) in [5.41, 5.74) is 1.15. The summed E-state index contributed by atoms with van der Waals surface area (Å²) in [6.07, 6.45) is 4.84. The van der Waals surface area contributed by atoms with Crippen LogP contribution < -0.4 is 10.6 Å². The molecular formula is C15H22N2O2. The highest BCUT2D eigenvalue weighted by molar-refractivity contribution is 5.74. The number of aliphatic hydroxyl groups excluding tert-OH is 1. The molecule has 1 aliphatic carbocycles. The van der Waals surface area contributed by atoms with Crippen LogP contribution in [0.4, 0.5) is 4.79 Å². The van der Waals surface area contributed by atoms with Crippen LogP contribution in [-0.4, -0.2) is 24.3 Å². The maximum Gasteiger partial charge on any atom is 0.315 e. The van der Waals surface area contributed by atoms with E-state index in [1.807, 2.05) is 18.2 Å². The zero-order chi connectivity index (χ0) is 13.5. The van der Waals surface area contributed by atoms with Gasteiger partial charge in [0.25, 0.3) is 0 Å². The van der Waals surface area contributed by atoms with Gasteiger partial charge in [0.2, 0.25) is 0 Å². The Hall–Kier alpha value is -1.55. The molecule has 0 bridgehead atoms. The van der Waals surface area contributed by atoms with Crippen LogP contribution in [0, 0.1) is 5.92 Å². The summed E-state index contributed by atoms with van der Waals surface area (Å²) in [4.78, 5) is 11.7. The van der Waals surface area contributed by atoms with Crippen molar-refractivity contribution >= 4 is 6.03 Å². The number of hydrogen-bond acceptors (Lipinski definition) is 2. The van der Waals surface area contributed by atoms with Gasteiger partial charge in [0.05, 0.1) is 12.6 Å². The predicted octanol–water partition coefficient (Wildman–Crippen LogP) is 2.21. The second-order valence-corrected chi connectivity index (χ2v) is 5.12. The highest BCUT2D eigenvalue weighted by Gasteiger charge is 2.24. The highest BCUT2D eigenvalue weighted by atomic mass is 16.3. The van der Waals surface area contributed by atoms with Crippen molar-refractivity contribution in [3.05, 3.63) is 35.9 Å². The van der Waals surface area contributed by atoms with Gasteiger partial charge in [-0.25, -0.2) is 4.79 Å². The van der Waals surface area contributed by atoms with Gasteiger partial charge >= 0.3 is 6.03 Å². The molecule has 2 amide bonds.